The van der Waals surface area contributed by atoms with Crippen molar-refractivity contribution >= 4 is 5.91 Å². The maximum Gasteiger partial charge on any atom is 0.256 e. The van der Waals surface area contributed by atoms with E-state index in [9.17, 15) is 4.79 Å². The molecule has 0 saturated carbocycles. The third-order valence-electron chi connectivity index (χ3n) is 5.34. The van der Waals surface area contributed by atoms with Crippen LogP contribution in [0.25, 0.3) is 5.69 Å². The van der Waals surface area contributed by atoms with Crippen LogP contribution in [0.5, 0.6) is 5.88 Å². The van der Waals surface area contributed by atoms with Gasteiger partial charge in [0, 0.05) is 30.3 Å². The van der Waals surface area contributed by atoms with Crippen molar-refractivity contribution in [2.75, 3.05) is 13.2 Å². The number of rotatable bonds is 5. The van der Waals surface area contributed by atoms with Gasteiger partial charge in [-0.1, -0.05) is 18.2 Å². The van der Waals surface area contributed by atoms with Crippen molar-refractivity contribution < 1.29 is 9.53 Å². The summed E-state index contributed by atoms with van der Waals surface area (Å²) >= 11 is 0. The van der Waals surface area contributed by atoms with E-state index < -0.39 is 0 Å². The van der Waals surface area contributed by atoms with Gasteiger partial charge in [-0.05, 0) is 44.9 Å². The highest BCUT2D eigenvalue weighted by atomic mass is 16.5. The minimum atomic E-state index is 0.00350. The molecule has 0 bridgehead atoms. The number of aromatic nitrogens is 4. The Bertz CT molecular complexity index is 973. The van der Waals surface area contributed by atoms with E-state index in [1.54, 1.807) is 12.4 Å². The molecule has 29 heavy (non-hydrogen) atoms. The number of carbonyl (C=O) groups is 1. The molecule has 1 fully saturated rings. The van der Waals surface area contributed by atoms with Gasteiger partial charge in [-0.15, -0.1) is 0 Å². The second kappa shape index (κ2) is 8.43. The van der Waals surface area contributed by atoms with Crippen molar-refractivity contribution in [3.63, 3.8) is 0 Å². The van der Waals surface area contributed by atoms with Crippen molar-refractivity contribution in [1.82, 2.24) is 24.9 Å². The summed E-state index contributed by atoms with van der Waals surface area (Å²) in [5.74, 6) is 0.910. The maximum atomic E-state index is 13.4. The quantitative estimate of drug-likeness (QED) is 0.667. The molecule has 4 rings (SSSR count). The molecule has 1 aromatic carbocycles. The first kappa shape index (κ1) is 19.1. The Balaban J connectivity index is 1.48. The molecule has 3 aromatic rings. The molecular weight excluding hydrogens is 366 g/mol. The zero-order chi connectivity index (χ0) is 20.2. The minimum Gasteiger partial charge on any atom is -0.477 e. The van der Waals surface area contributed by atoms with Gasteiger partial charge in [0.25, 0.3) is 5.91 Å². The molecule has 1 aliphatic rings. The molecule has 0 N–H and O–H groups in total. The number of hydrogen-bond acceptors (Lipinski definition) is 5. The summed E-state index contributed by atoms with van der Waals surface area (Å²) in [5.41, 5.74) is 2.23. The second-order valence-electron chi connectivity index (χ2n) is 7.51. The van der Waals surface area contributed by atoms with E-state index in [0.29, 0.717) is 30.3 Å². The Hall–Kier alpha value is -3.22. The fraction of sp³-hybridized carbons (Fsp3) is 0.364. The largest absolute Gasteiger partial charge is 0.477 e. The summed E-state index contributed by atoms with van der Waals surface area (Å²) < 4.78 is 5.90. The molecular formula is C22H25N5O2. The van der Waals surface area contributed by atoms with Crippen LogP contribution < -0.4 is 4.74 Å². The van der Waals surface area contributed by atoms with Gasteiger partial charge in [0.05, 0.1) is 30.3 Å². The van der Waals surface area contributed by atoms with E-state index in [4.69, 9.17) is 4.74 Å². The molecule has 7 nitrogen and oxygen atoms in total. The van der Waals surface area contributed by atoms with Crippen LogP contribution in [0, 0.1) is 12.8 Å². The third-order valence-corrected chi connectivity index (χ3v) is 5.34. The van der Waals surface area contributed by atoms with Gasteiger partial charge in [0.2, 0.25) is 5.88 Å². The van der Waals surface area contributed by atoms with Gasteiger partial charge in [-0.2, -0.15) is 15.0 Å². The fourth-order valence-electron chi connectivity index (χ4n) is 3.73. The van der Waals surface area contributed by atoms with E-state index in [0.717, 1.165) is 18.5 Å². The summed E-state index contributed by atoms with van der Waals surface area (Å²) in [6.07, 6.45) is 5.19. The number of carbonyl (C=O) groups excluding carboxylic acids is 1. The number of nitrogens with zero attached hydrogens (tertiary/aromatic N) is 5. The minimum absolute atomic E-state index is 0.00350. The van der Waals surface area contributed by atoms with E-state index >= 15 is 0 Å². The first-order valence-corrected chi connectivity index (χ1v) is 9.95. The van der Waals surface area contributed by atoms with Crippen LogP contribution in [0.15, 0.2) is 54.9 Å². The highest BCUT2D eigenvalue weighted by molar-refractivity contribution is 5.98. The molecule has 1 saturated heterocycles. The number of likely N-dealkylation sites (tertiary alicyclic amines) is 1. The lowest BCUT2D eigenvalue weighted by Crippen LogP contribution is -2.47. The zero-order valence-corrected chi connectivity index (χ0v) is 16.7. The summed E-state index contributed by atoms with van der Waals surface area (Å²) in [5, 5.41) is 8.37. The predicted molar refractivity (Wildman–Crippen MR) is 109 cm³/mol. The van der Waals surface area contributed by atoms with Crippen molar-refractivity contribution in [1.29, 1.82) is 0 Å². The first-order valence-electron chi connectivity index (χ1n) is 9.95. The van der Waals surface area contributed by atoms with Crippen LogP contribution in [0.4, 0.5) is 0 Å². The number of benzene rings is 1. The van der Waals surface area contributed by atoms with E-state index in [2.05, 4.69) is 22.1 Å². The first-order chi connectivity index (χ1) is 14.1. The number of para-hydroxylation sites is 1. The average molecular weight is 391 g/mol. The highest BCUT2D eigenvalue weighted by Gasteiger charge is 2.31. The lowest BCUT2D eigenvalue weighted by atomic mass is 9.93. The van der Waals surface area contributed by atoms with Gasteiger partial charge in [-0.25, -0.2) is 4.98 Å². The summed E-state index contributed by atoms with van der Waals surface area (Å²) in [7, 11) is 0. The molecule has 2 aromatic heterocycles. The Morgan fingerprint density at radius 2 is 1.90 bits per heavy atom. The Kier molecular flexibility index (Phi) is 5.55. The van der Waals surface area contributed by atoms with Gasteiger partial charge >= 0.3 is 0 Å². The Labute approximate surface area is 170 Å². The van der Waals surface area contributed by atoms with Crippen molar-refractivity contribution in [2.24, 2.45) is 5.92 Å². The highest BCUT2D eigenvalue weighted by Crippen LogP contribution is 2.26. The van der Waals surface area contributed by atoms with Gasteiger partial charge in [0.1, 0.15) is 0 Å². The third kappa shape index (κ3) is 4.29. The van der Waals surface area contributed by atoms with Gasteiger partial charge < -0.3 is 9.64 Å². The van der Waals surface area contributed by atoms with Crippen molar-refractivity contribution in [2.45, 2.75) is 32.7 Å². The van der Waals surface area contributed by atoms with Crippen LogP contribution >= 0.6 is 0 Å². The summed E-state index contributed by atoms with van der Waals surface area (Å²) in [6.45, 7) is 5.26. The van der Waals surface area contributed by atoms with E-state index in [1.165, 1.54) is 4.80 Å². The average Bonchev–Trinajstić information content (AvgIpc) is 3.27. The summed E-state index contributed by atoms with van der Waals surface area (Å²) in [6, 6.07) is 13.4. The van der Waals surface area contributed by atoms with E-state index in [1.807, 2.05) is 54.3 Å². The second-order valence-corrected chi connectivity index (χ2v) is 7.51. The van der Waals surface area contributed by atoms with Crippen LogP contribution in [-0.2, 0) is 0 Å². The van der Waals surface area contributed by atoms with Crippen LogP contribution in [0.3, 0.4) is 0 Å². The molecule has 150 valence electrons. The Morgan fingerprint density at radius 3 is 2.69 bits per heavy atom. The maximum absolute atomic E-state index is 13.4. The molecule has 1 aliphatic heterocycles. The monoisotopic (exact) mass is 391 g/mol. The normalized spacial score (nSPS) is 19.2. The summed E-state index contributed by atoms with van der Waals surface area (Å²) in [4.78, 5) is 21.2. The molecule has 3 heterocycles. The standard InChI is InChI=1S/C22H25N5O2/c1-16-6-5-9-21(25-16)29-15-18-11-10-17(2)26(14-18)22(28)19-7-3-4-8-20(19)27-23-12-13-24-27/h3-9,12-13,17-18H,10-11,14-15H2,1-2H3. The smallest absolute Gasteiger partial charge is 0.256 e. The number of pyridine rings is 1. The molecule has 7 heteroatoms. The predicted octanol–water partition coefficient (Wildman–Crippen LogP) is 3.29. The number of ether oxygens (including phenoxy) is 1. The molecule has 0 spiro atoms. The number of aryl methyl sites for hydroxylation is 1. The van der Waals surface area contributed by atoms with Gasteiger partial charge in [0.15, 0.2) is 0 Å². The lowest BCUT2D eigenvalue weighted by molar-refractivity contribution is 0.0502. The molecule has 0 radical (unpaired) electrons. The molecule has 0 aliphatic carbocycles. The topological polar surface area (TPSA) is 73.1 Å². The van der Waals surface area contributed by atoms with Crippen LogP contribution in [0.1, 0.15) is 35.8 Å². The Morgan fingerprint density at radius 1 is 1.10 bits per heavy atom. The fourth-order valence-corrected chi connectivity index (χ4v) is 3.73. The number of hydrogen-bond donors (Lipinski definition) is 0. The van der Waals surface area contributed by atoms with Crippen LogP contribution in [0.2, 0.25) is 0 Å². The van der Waals surface area contributed by atoms with Gasteiger partial charge in [-0.3, -0.25) is 4.79 Å². The number of piperidine rings is 1. The zero-order valence-electron chi connectivity index (χ0n) is 16.7. The molecule has 2 atom stereocenters. The van der Waals surface area contributed by atoms with E-state index in [-0.39, 0.29) is 17.9 Å². The van der Waals surface area contributed by atoms with Crippen LogP contribution in [-0.4, -0.2) is 50.0 Å². The SMILES string of the molecule is Cc1cccc(OCC2CCC(C)N(C(=O)c3ccccc3-n3nccn3)C2)n1. The molecule has 2 unspecified atom stereocenters. The van der Waals surface area contributed by atoms with Crippen molar-refractivity contribution in [3.05, 3.63) is 66.1 Å². The van der Waals surface area contributed by atoms with Crippen molar-refractivity contribution in [3.8, 4) is 11.6 Å². The molecule has 1 amide bonds. The lowest BCUT2D eigenvalue weighted by Gasteiger charge is -2.38. The number of amides is 1.